The summed E-state index contributed by atoms with van der Waals surface area (Å²) in [4.78, 5) is 13.0. The van der Waals surface area contributed by atoms with Crippen LogP contribution < -0.4 is 5.32 Å². The number of fused-ring (bicyclic) bond motifs is 1. The first-order chi connectivity index (χ1) is 10.2. The summed E-state index contributed by atoms with van der Waals surface area (Å²) >= 11 is 11.1. The van der Waals surface area contributed by atoms with E-state index in [1.54, 1.807) is 18.2 Å². The Morgan fingerprint density at radius 2 is 1.95 bits per heavy atom. The lowest BCUT2D eigenvalue weighted by molar-refractivity contribution is -0.155. The topological polar surface area (TPSA) is 29.1 Å². The van der Waals surface area contributed by atoms with E-state index >= 15 is 0 Å². The summed E-state index contributed by atoms with van der Waals surface area (Å²) in [6.07, 6.45) is 1.74. The molecule has 3 aliphatic rings. The Morgan fingerprint density at radius 3 is 2.45 bits per heavy atom. The van der Waals surface area contributed by atoms with Crippen molar-refractivity contribution in [3.8, 4) is 0 Å². The Bertz CT molecular complexity index is 636. The lowest BCUT2D eigenvalue weighted by Gasteiger charge is -2.66. The van der Waals surface area contributed by atoms with Gasteiger partial charge < -0.3 is 5.32 Å². The third-order valence-electron chi connectivity index (χ3n) is 6.01. The van der Waals surface area contributed by atoms with Gasteiger partial charge in [-0.05, 0) is 30.4 Å². The van der Waals surface area contributed by atoms with E-state index in [0.717, 1.165) is 12.8 Å². The minimum Gasteiger partial charge on any atom is -0.323 e. The van der Waals surface area contributed by atoms with E-state index in [4.69, 9.17) is 0 Å². The van der Waals surface area contributed by atoms with Crippen molar-refractivity contribution < 1.29 is 9.18 Å². The van der Waals surface area contributed by atoms with Crippen molar-refractivity contribution in [2.45, 2.75) is 35.3 Å². The van der Waals surface area contributed by atoms with E-state index in [-0.39, 0.29) is 31.0 Å². The van der Waals surface area contributed by atoms with Crippen LogP contribution in [0.25, 0.3) is 0 Å². The van der Waals surface area contributed by atoms with Crippen LogP contribution in [-0.4, -0.2) is 14.5 Å². The molecule has 0 saturated heterocycles. The van der Waals surface area contributed by atoms with E-state index < -0.39 is 11.2 Å². The second-order valence-electron chi connectivity index (χ2n) is 6.73. The van der Waals surface area contributed by atoms with Gasteiger partial charge in [-0.2, -0.15) is 0 Å². The molecule has 6 heteroatoms. The summed E-state index contributed by atoms with van der Waals surface area (Å²) < 4.78 is 14.0. The van der Waals surface area contributed by atoms with E-state index in [1.807, 2.05) is 0 Å². The summed E-state index contributed by atoms with van der Waals surface area (Å²) in [7, 11) is 0. The molecular weight excluding hydrogens is 481 g/mol. The molecule has 1 amide bonds. The molecule has 3 saturated carbocycles. The average Bonchev–Trinajstić information content (AvgIpc) is 2.91. The largest absolute Gasteiger partial charge is 0.323 e. The van der Waals surface area contributed by atoms with Gasteiger partial charge in [-0.1, -0.05) is 73.8 Å². The second kappa shape index (κ2) is 5.28. The van der Waals surface area contributed by atoms with Crippen molar-refractivity contribution in [3.63, 3.8) is 0 Å². The van der Waals surface area contributed by atoms with Gasteiger partial charge in [-0.25, -0.2) is 4.39 Å². The molecule has 1 aromatic rings. The summed E-state index contributed by atoms with van der Waals surface area (Å²) in [6.45, 7) is 4.27. The minimum atomic E-state index is -0.519. The molecule has 2 bridgehead atoms. The van der Waals surface area contributed by atoms with E-state index in [0.29, 0.717) is 0 Å². The van der Waals surface area contributed by atoms with Crippen molar-refractivity contribution in [2.75, 3.05) is 5.32 Å². The molecule has 3 atom stereocenters. The monoisotopic (exact) mass is 495 g/mol. The molecule has 0 spiro atoms. The molecule has 3 fully saturated rings. The van der Waals surface area contributed by atoms with Gasteiger partial charge in [0.15, 0.2) is 0 Å². The molecule has 0 aromatic heterocycles. The van der Waals surface area contributed by atoms with Gasteiger partial charge in [0.2, 0.25) is 5.91 Å². The number of para-hydroxylation sites is 1. The van der Waals surface area contributed by atoms with Gasteiger partial charge in [-0.3, -0.25) is 4.79 Å². The third-order valence-corrected chi connectivity index (χ3v) is 9.25. The number of nitrogens with one attached hydrogen (secondary N) is 1. The van der Waals surface area contributed by atoms with Crippen LogP contribution in [0, 0.1) is 22.1 Å². The summed E-state index contributed by atoms with van der Waals surface area (Å²) in [5, 5.41) is 2.80. The Morgan fingerprint density at radius 1 is 1.32 bits per heavy atom. The highest BCUT2D eigenvalue weighted by molar-refractivity contribution is 9.24. The smallest absolute Gasteiger partial charge is 0.232 e. The summed E-state index contributed by atoms with van der Waals surface area (Å²) in [6, 6.07) is 6.29. The van der Waals surface area contributed by atoms with Gasteiger partial charge in [0, 0.05) is 10.2 Å². The van der Waals surface area contributed by atoms with Crippen LogP contribution in [0.2, 0.25) is 0 Å². The van der Waals surface area contributed by atoms with Crippen LogP contribution in [0.3, 0.4) is 0 Å². The van der Waals surface area contributed by atoms with E-state index in [1.165, 1.54) is 6.07 Å². The lowest BCUT2D eigenvalue weighted by atomic mass is 9.43. The van der Waals surface area contributed by atoms with Gasteiger partial charge in [0.25, 0.3) is 0 Å². The van der Waals surface area contributed by atoms with Gasteiger partial charge >= 0.3 is 0 Å². The zero-order valence-electron chi connectivity index (χ0n) is 12.3. The van der Waals surface area contributed by atoms with Gasteiger partial charge in [0.05, 0.1) is 14.8 Å². The molecule has 4 rings (SSSR count). The molecule has 0 aliphatic heterocycles. The molecule has 2 nitrogen and oxygen atoms in total. The van der Waals surface area contributed by atoms with E-state index in [9.17, 15) is 9.18 Å². The molecule has 0 heterocycles. The fourth-order valence-electron chi connectivity index (χ4n) is 4.49. The fraction of sp³-hybridized carbons (Fsp3) is 0.562. The Kier molecular flexibility index (Phi) is 4.06. The fourth-order valence-corrected chi connectivity index (χ4v) is 9.41. The maximum absolute atomic E-state index is 13.8. The number of amides is 1. The minimum absolute atomic E-state index is 0.0282. The maximum Gasteiger partial charge on any atom is 0.232 e. The van der Waals surface area contributed by atoms with E-state index in [2.05, 4.69) is 67.0 Å². The number of carbonyl (C=O) groups is 1. The number of hydrogen-bond donors (Lipinski definition) is 1. The van der Waals surface area contributed by atoms with Gasteiger partial charge in [-0.15, -0.1) is 0 Å². The van der Waals surface area contributed by atoms with Crippen molar-refractivity contribution >= 4 is 59.4 Å². The second-order valence-corrected chi connectivity index (χ2v) is 10.7. The highest BCUT2D eigenvalue weighted by Gasteiger charge is 2.83. The number of halogens is 4. The van der Waals surface area contributed by atoms with Crippen LogP contribution in [0.1, 0.15) is 26.7 Å². The number of carbonyl (C=O) groups excluding carboxylic acids is 1. The normalized spacial score (nSPS) is 35.3. The number of anilines is 1. The zero-order chi connectivity index (χ0) is 16.3. The lowest BCUT2D eigenvalue weighted by Crippen LogP contribution is -2.71. The SMILES string of the molecule is CC1(C)[C@]2(C(=O)Nc3ccccc3F)CC[C@@]1(C(Br)Br)[C@H]2Br. The molecule has 22 heavy (non-hydrogen) atoms. The Labute approximate surface area is 155 Å². The molecule has 120 valence electrons. The molecule has 3 aliphatic carbocycles. The molecule has 1 aromatic carbocycles. The highest BCUT2D eigenvalue weighted by Crippen LogP contribution is 2.82. The summed E-state index contributed by atoms with van der Waals surface area (Å²) in [5.74, 6) is -0.503. The Hall–Kier alpha value is 0.0600. The third kappa shape index (κ3) is 1.78. The first-order valence-corrected chi connectivity index (χ1v) is 9.95. The number of rotatable bonds is 3. The first kappa shape index (κ1) is 16.9. The zero-order valence-corrected chi connectivity index (χ0v) is 17.1. The van der Waals surface area contributed by atoms with Crippen LogP contribution >= 0.6 is 47.8 Å². The predicted molar refractivity (Wildman–Crippen MR) is 97.3 cm³/mol. The van der Waals surface area contributed by atoms with Crippen LogP contribution in [0.4, 0.5) is 10.1 Å². The predicted octanol–water partition coefficient (Wildman–Crippen LogP) is 5.45. The van der Waals surface area contributed by atoms with Gasteiger partial charge in [0.1, 0.15) is 5.82 Å². The molecule has 1 N–H and O–H groups in total. The van der Waals surface area contributed by atoms with Crippen molar-refractivity contribution in [1.29, 1.82) is 0 Å². The quantitative estimate of drug-likeness (QED) is 0.553. The van der Waals surface area contributed by atoms with Crippen molar-refractivity contribution in [3.05, 3.63) is 30.1 Å². The van der Waals surface area contributed by atoms with Crippen LogP contribution in [-0.2, 0) is 4.79 Å². The van der Waals surface area contributed by atoms with Crippen molar-refractivity contribution in [2.24, 2.45) is 16.2 Å². The highest BCUT2D eigenvalue weighted by atomic mass is 79.9. The van der Waals surface area contributed by atoms with Crippen LogP contribution in [0.5, 0.6) is 0 Å². The first-order valence-electron chi connectivity index (χ1n) is 7.20. The Balaban J connectivity index is 1.93. The number of benzene rings is 1. The molecular formula is C16H17Br3FNO. The summed E-state index contributed by atoms with van der Waals surface area (Å²) in [5.41, 5.74) is -0.494. The molecule has 0 radical (unpaired) electrons. The standard InChI is InChI=1S/C16H17Br3FNO/c1-14(2)15(12(18)19)7-8-16(14,11(15)17)13(22)21-10-6-4-3-5-9(10)20/h3-6,11-12H,7-8H2,1-2H3,(H,21,22)/t11-,15+,16-/m1/s1. The number of hydrogen-bond acceptors (Lipinski definition) is 1. The van der Waals surface area contributed by atoms with Crippen molar-refractivity contribution in [1.82, 2.24) is 0 Å². The number of alkyl halides is 3. The van der Waals surface area contributed by atoms with Crippen LogP contribution in [0.15, 0.2) is 24.3 Å². The average molecular weight is 498 g/mol. The molecule has 0 unspecified atom stereocenters. The maximum atomic E-state index is 13.8.